The van der Waals surface area contributed by atoms with E-state index in [1.165, 1.54) is 12.1 Å². The van der Waals surface area contributed by atoms with Crippen molar-refractivity contribution < 1.29 is 26.7 Å². The van der Waals surface area contributed by atoms with Gasteiger partial charge in [-0.2, -0.15) is 8.42 Å². The van der Waals surface area contributed by atoms with Gasteiger partial charge in [0.25, 0.3) is 5.91 Å². The molecule has 1 saturated carbocycles. The lowest BCUT2D eigenvalue weighted by atomic mass is 9.81. The maximum atomic E-state index is 12.8. The molecule has 2 aliphatic rings. The number of phenolic OH excluding ortho intramolecular Hbond substituents is 1. The molecule has 0 spiro atoms. The van der Waals surface area contributed by atoms with Crippen LogP contribution < -0.4 is 13.7 Å². The van der Waals surface area contributed by atoms with E-state index < -0.39 is 26.1 Å². The van der Waals surface area contributed by atoms with Crippen molar-refractivity contribution >= 4 is 31.8 Å². The molecule has 0 bridgehead atoms. The number of phenols is 1. The molecular weight excluding hydrogens is 454 g/mol. The Kier molecular flexibility index (Phi) is 6.15. The molecule has 4 rings (SSSR count). The molecule has 2 atom stereocenters. The highest BCUT2D eigenvalue weighted by atomic mass is 32.2. The van der Waals surface area contributed by atoms with Crippen molar-refractivity contribution in [3.63, 3.8) is 0 Å². The van der Waals surface area contributed by atoms with Gasteiger partial charge in [0.05, 0.1) is 10.6 Å². The quantitative estimate of drug-likeness (QED) is 0.577. The van der Waals surface area contributed by atoms with Gasteiger partial charge in [0.1, 0.15) is 12.3 Å². The van der Waals surface area contributed by atoms with Gasteiger partial charge >= 0.3 is 10.2 Å². The Bertz CT molecular complexity index is 1220. The van der Waals surface area contributed by atoms with Crippen molar-refractivity contribution in [3.8, 4) is 5.75 Å². The van der Waals surface area contributed by atoms with Crippen LogP contribution in [0.4, 0.5) is 5.69 Å². The number of nitrogens with zero attached hydrogens (tertiary/aromatic N) is 1. The molecule has 1 saturated heterocycles. The third kappa shape index (κ3) is 4.74. The van der Waals surface area contributed by atoms with Crippen molar-refractivity contribution in [3.05, 3.63) is 54.1 Å². The third-order valence-electron chi connectivity index (χ3n) is 5.90. The topological polar surface area (TPSA) is 133 Å². The van der Waals surface area contributed by atoms with Crippen molar-refractivity contribution in [1.29, 1.82) is 0 Å². The van der Waals surface area contributed by atoms with Gasteiger partial charge in [-0.05, 0) is 55.0 Å². The lowest BCUT2D eigenvalue weighted by Crippen LogP contribution is -2.42. The van der Waals surface area contributed by atoms with E-state index in [0.29, 0.717) is 6.42 Å². The molecule has 2 aromatic carbocycles. The van der Waals surface area contributed by atoms with Crippen molar-refractivity contribution in [2.24, 2.45) is 5.92 Å². The molecule has 9 nitrogen and oxygen atoms in total. The summed E-state index contributed by atoms with van der Waals surface area (Å²) in [6.45, 7) is -0.388. The average molecular weight is 480 g/mol. The molecule has 0 aromatic heterocycles. The first kappa shape index (κ1) is 22.6. The van der Waals surface area contributed by atoms with Gasteiger partial charge in [-0.1, -0.05) is 37.1 Å². The van der Waals surface area contributed by atoms with Crippen LogP contribution in [-0.4, -0.2) is 40.4 Å². The number of hydrogen-bond donors (Lipinski definition) is 3. The van der Waals surface area contributed by atoms with Crippen LogP contribution in [0.25, 0.3) is 0 Å². The summed E-state index contributed by atoms with van der Waals surface area (Å²) in [6, 6.07) is 12.6. The van der Waals surface area contributed by atoms with E-state index in [9.17, 15) is 26.7 Å². The Hall–Kier alpha value is -2.63. The van der Waals surface area contributed by atoms with Crippen LogP contribution in [0.3, 0.4) is 0 Å². The predicted molar refractivity (Wildman–Crippen MR) is 119 cm³/mol. The van der Waals surface area contributed by atoms with E-state index in [4.69, 9.17) is 0 Å². The lowest BCUT2D eigenvalue weighted by Gasteiger charge is -2.32. The molecule has 1 amide bonds. The number of hydrogen-bond acceptors (Lipinski definition) is 6. The second-order valence-electron chi connectivity index (χ2n) is 8.15. The molecule has 0 unspecified atom stereocenters. The van der Waals surface area contributed by atoms with Crippen molar-refractivity contribution in [2.75, 3.05) is 10.8 Å². The monoisotopic (exact) mass is 479 g/mol. The highest BCUT2D eigenvalue weighted by Gasteiger charge is 2.36. The Balaban J connectivity index is 1.51. The van der Waals surface area contributed by atoms with E-state index in [0.717, 1.165) is 35.6 Å². The van der Waals surface area contributed by atoms with E-state index in [-0.39, 0.29) is 34.8 Å². The minimum Gasteiger partial charge on any atom is -0.506 e. The number of carbonyl (C=O) groups is 1. The van der Waals surface area contributed by atoms with E-state index in [1.807, 2.05) is 4.72 Å². The summed E-state index contributed by atoms with van der Waals surface area (Å²) in [6.07, 6.45) is 4.00. The van der Waals surface area contributed by atoms with Gasteiger partial charge in [0.2, 0.25) is 10.0 Å². The second-order valence-corrected chi connectivity index (χ2v) is 11.5. The Morgan fingerprint density at radius 1 is 1.09 bits per heavy atom. The van der Waals surface area contributed by atoms with Gasteiger partial charge in [-0.25, -0.2) is 22.2 Å². The molecule has 32 heavy (non-hydrogen) atoms. The van der Waals surface area contributed by atoms with Crippen LogP contribution >= 0.6 is 0 Å². The van der Waals surface area contributed by atoms with Crippen LogP contribution in [0.2, 0.25) is 0 Å². The number of carbonyl (C=O) groups excluding carboxylic acids is 1. The fourth-order valence-electron chi connectivity index (χ4n) is 4.35. The summed E-state index contributed by atoms with van der Waals surface area (Å²) >= 11 is 0. The van der Waals surface area contributed by atoms with E-state index >= 15 is 0 Å². The molecule has 11 heteroatoms. The summed E-state index contributed by atoms with van der Waals surface area (Å²) in [5.74, 6) is -0.879. The predicted octanol–water partition coefficient (Wildman–Crippen LogP) is 1.65. The molecule has 172 valence electrons. The van der Waals surface area contributed by atoms with Gasteiger partial charge in [0, 0.05) is 6.04 Å². The van der Waals surface area contributed by atoms with Crippen LogP contribution in [0.1, 0.15) is 31.2 Å². The molecule has 1 aliphatic carbocycles. The lowest BCUT2D eigenvalue weighted by molar-refractivity contribution is -0.117. The van der Waals surface area contributed by atoms with Crippen molar-refractivity contribution in [1.82, 2.24) is 9.44 Å². The van der Waals surface area contributed by atoms with Crippen LogP contribution in [0.15, 0.2) is 53.4 Å². The normalized spacial score (nSPS) is 23.1. The number of benzene rings is 2. The van der Waals surface area contributed by atoms with Crippen LogP contribution in [-0.2, 0) is 31.4 Å². The zero-order valence-corrected chi connectivity index (χ0v) is 18.9. The van der Waals surface area contributed by atoms with E-state index in [1.54, 1.807) is 36.4 Å². The molecule has 2 fully saturated rings. The van der Waals surface area contributed by atoms with Gasteiger partial charge in [0.15, 0.2) is 0 Å². The Morgan fingerprint density at radius 3 is 2.47 bits per heavy atom. The minimum atomic E-state index is -4.01. The molecule has 3 N–H and O–H groups in total. The number of anilines is 1. The fourth-order valence-corrected chi connectivity index (χ4v) is 6.87. The summed E-state index contributed by atoms with van der Waals surface area (Å²) in [7, 11) is -7.65. The van der Waals surface area contributed by atoms with E-state index in [2.05, 4.69) is 4.72 Å². The largest absolute Gasteiger partial charge is 0.506 e. The van der Waals surface area contributed by atoms with Crippen LogP contribution in [0, 0.1) is 5.92 Å². The smallest absolute Gasteiger partial charge is 0.326 e. The number of sulfonamides is 1. The van der Waals surface area contributed by atoms with Crippen LogP contribution in [0.5, 0.6) is 5.75 Å². The second kappa shape index (κ2) is 8.72. The minimum absolute atomic E-state index is 0.0251. The zero-order valence-electron chi connectivity index (χ0n) is 17.3. The molecule has 1 heterocycles. The first-order chi connectivity index (χ1) is 15.2. The highest BCUT2D eigenvalue weighted by molar-refractivity contribution is 7.92. The molecular formula is C21H25N3O6S2. The highest BCUT2D eigenvalue weighted by Crippen LogP contribution is 2.34. The standard InChI is InChI=1S/C21H25N3O6S2/c25-20-13-15(10-11-19(20)24-14-21(26)23-32(24,29)30)12-16-6-4-5-9-18(16)22-31(27,28)17-7-2-1-3-8-17/h1-3,7-8,10-11,13,16,18,22,25H,4-6,9,12,14H2,(H,23,26)/t16-,18+/m0/s1. The van der Waals surface area contributed by atoms with Gasteiger partial charge in [-0.15, -0.1) is 0 Å². The maximum Gasteiger partial charge on any atom is 0.326 e. The fraction of sp³-hybridized carbons (Fsp3) is 0.381. The first-order valence-corrected chi connectivity index (χ1v) is 13.3. The zero-order chi connectivity index (χ0) is 22.9. The Labute approximate surface area is 187 Å². The summed E-state index contributed by atoms with van der Waals surface area (Å²) in [4.78, 5) is 11.7. The SMILES string of the molecule is O=C1CN(c2ccc(C[C@@H]3CCCC[C@H]3NS(=O)(=O)c3ccccc3)cc2O)S(=O)(=O)N1. The molecule has 1 aliphatic heterocycles. The molecule has 0 radical (unpaired) electrons. The molecule has 2 aromatic rings. The first-order valence-electron chi connectivity index (χ1n) is 10.4. The number of nitrogens with one attached hydrogen (secondary N) is 2. The number of amides is 1. The van der Waals surface area contributed by atoms with Crippen molar-refractivity contribution in [2.45, 2.75) is 43.0 Å². The summed E-state index contributed by atoms with van der Waals surface area (Å²) in [5, 5.41) is 10.4. The summed E-state index contributed by atoms with van der Waals surface area (Å²) < 4.78 is 55.2. The average Bonchev–Trinajstić information content (AvgIpc) is 3.02. The Morgan fingerprint density at radius 2 is 1.81 bits per heavy atom. The van der Waals surface area contributed by atoms with Gasteiger partial charge in [-0.3, -0.25) is 4.79 Å². The summed E-state index contributed by atoms with van der Waals surface area (Å²) in [5.41, 5.74) is 0.787. The number of aromatic hydroxyl groups is 1. The third-order valence-corrected chi connectivity index (χ3v) is 8.79. The maximum absolute atomic E-state index is 12.8. The van der Waals surface area contributed by atoms with Gasteiger partial charge < -0.3 is 5.11 Å². The number of rotatable bonds is 6.